The average molecular weight is 522 g/mol. The number of allylic oxidation sites excluding steroid dienone is 4. The van der Waals surface area contributed by atoms with Crippen LogP contribution >= 0.6 is 0 Å². The Bertz CT molecular complexity index is 1460. The van der Waals surface area contributed by atoms with Crippen molar-refractivity contribution in [1.29, 1.82) is 0 Å². The second-order valence-corrected chi connectivity index (χ2v) is 10.3. The third-order valence-electron chi connectivity index (χ3n) is 6.10. The Morgan fingerprint density at radius 1 is 1.05 bits per heavy atom. The van der Waals surface area contributed by atoms with Crippen LogP contribution in [0.1, 0.15) is 23.1 Å². The van der Waals surface area contributed by atoms with Crippen molar-refractivity contribution in [2.45, 2.75) is 31.4 Å². The summed E-state index contributed by atoms with van der Waals surface area (Å²) in [6, 6.07) is 12.4. The fourth-order valence-corrected chi connectivity index (χ4v) is 5.01. The lowest BCUT2D eigenvalue weighted by Crippen LogP contribution is -2.26. The van der Waals surface area contributed by atoms with E-state index in [1.54, 1.807) is 25.1 Å². The molecule has 2 aliphatic heterocycles. The summed E-state index contributed by atoms with van der Waals surface area (Å²) >= 11 is 0. The van der Waals surface area contributed by atoms with Gasteiger partial charge in [-0.25, -0.2) is 0 Å². The molecule has 2 aliphatic rings. The molecule has 9 nitrogen and oxygen atoms in total. The van der Waals surface area contributed by atoms with Gasteiger partial charge < -0.3 is 19.2 Å². The summed E-state index contributed by atoms with van der Waals surface area (Å²) in [5.74, 6) is 1.18. The molecule has 2 aromatic carbocycles. The van der Waals surface area contributed by atoms with E-state index in [4.69, 9.17) is 14.3 Å². The monoisotopic (exact) mass is 521 g/mol. The molecule has 0 aliphatic carbocycles. The smallest absolute Gasteiger partial charge is 0.295 e. The summed E-state index contributed by atoms with van der Waals surface area (Å²) in [5, 5.41) is 4.14. The van der Waals surface area contributed by atoms with Gasteiger partial charge in [-0.1, -0.05) is 41.6 Å². The second-order valence-electron chi connectivity index (χ2n) is 8.89. The van der Waals surface area contributed by atoms with Gasteiger partial charge >= 0.3 is 0 Å². The van der Waals surface area contributed by atoms with Crippen LogP contribution in [-0.2, 0) is 28.2 Å². The van der Waals surface area contributed by atoms with Crippen LogP contribution in [0.25, 0.3) is 11.3 Å². The fourth-order valence-electron chi connectivity index (χ4n) is 4.23. The first-order chi connectivity index (χ1) is 17.9. The van der Waals surface area contributed by atoms with Crippen LogP contribution in [0.3, 0.4) is 0 Å². The van der Waals surface area contributed by atoms with Gasteiger partial charge in [-0.2, -0.15) is 13.3 Å². The molecular formula is C27H27N3O6S. The normalized spacial score (nSPS) is 14.5. The quantitative estimate of drug-likeness (QED) is 0.307. The maximum atomic E-state index is 12.0. The van der Waals surface area contributed by atoms with Crippen molar-refractivity contribution >= 4 is 16.0 Å². The van der Waals surface area contributed by atoms with Crippen molar-refractivity contribution in [3.05, 3.63) is 95.9 Å². The van der Waals surface area contributed by atoms with Gasteiger partial charge in [-0.05, 0) is 48.8 Å². The predicted octanol–water partition coefficient (Wildman–Crippen LogP) is 5.02. The van der Waals surface area contributed by atoms with Gasteiger partial charge in [0.05, 0.1) is 0 Å². The molecule has 0 saturated heterocycles. The standard InChI is InChI=1S/C27H27N3O6S/c1-20-7-10-23(26(15-20)37(31,32)33)24-17-27(35-28-24)30(14-6-13-29-11-4-2-3-5-12-29)18-21-8-9-22-19-34-36-25(22)16-21/h2-5,7-12,15-17H,6,13-14,18-19H2,1H3,(H,31,32,33). The topological polar surface area (TPSA) is 105 Å². The molecule has 0 fully saturated rings. The van der Waals surface area contributed by atoms with Gasteiger partial charge in [0, 0.05) is 49.2 Å². The van der Waals surface area contributed by atoms with E-state index in [9.17, 15) is 13.0 Å². The van der Waals surface area contributed by atoms with E-state index >= 15 is 0 Å². The van der Waals surface area contributed by atoms with Crippen LogP contribution in [0.5, 0.6) is 5.75 Å². The number of hydrogen-bond donors (Lipinski definition) is 1. The number of benzene rings is 2. The first-order valence-corrected chi connectivity index (χ1v) is 13.3. The molecule has 0 spiro atoms. The summed E-state index contributed by atoms with van der Waals surface area (Å²) in [6.45, 7) is 4.12. The Balaban J connectivity index is 1.40. The first kappa shape index (κ1) is 24.8. The van der Waals surface area contributed by atoms with Crippen molar-refractivity contribution in [3.63, 3.8) is 0 Å². The largest absolute Gasteiger partial charge is 0.354 e. The minimum absolute atomic E-state index is 0.206. The van der Waals surface area contributed by atoms with E-state index in [1.807, 2.05) is 59.8 Å². The lowest BCUT2D eigenvalue weighted by atomic mass is 10.1. The lowest BCUT2D eigenvalue weighted by molar-refractivity contribution is -0.194. The highest BCUT2D eigenvalue weighted by molar-refractivity contribution is 7.86. The fraction of sp³-hybridized carbons (Fsp3) is 0.222. The molecule has 0 atom stereocenters. The van der Waals surface area contributed by atoms with Crippen LogP contribution in [0.15, 0.2) is 88.6 Å². The zero-order chi connectivity index (χ0) is 25.8. The summed E-state index contributed by atoms with van der Waals surface area (Å²) in [5.41, 5.74) is 3.29. The molecule has 5 rings (SSSR count). The predicted molar refractivity (Wildman–Crippen MR) is 138 cm³/mol. The van der Waals surface area contributed by atoms with E-state index in [-0.39, 0.29) is 10.5 Å². The molecule has 0 bridgehead atoms. The van der Waals surface area contributed by atoms with Crippen molar-refractivity contribution in [3.8, 4) is 17.0 Å². The van der Waals surface area contributed by atoms with Gasteiger partial charge in [-0.3, -0.25) is 4.55 Å². The maximum absolute atomic E-state index is 12.0. The van der Waals surface area contributed by atoms with Crippen molar-refractivity contribution < 1.29 is 27.3 Å². The Morgan fingerprint density at radius 3 is 2.65 bits per heavy atom. The highest BCUT2D eigenvalue weighted by atomic mass is 32.2. The minimum atomic E-state index is -4.44. The Morgan fingerprint density at radius 2 is 1.86 bits per heavy atom. The molecular weight excluding hydrogens is 494 g/mol. The van der Waals surface area contributed by atoms with Gasteiger partial charge in [0.15, 0.2) is 5.75 Å². The SMILES string of the molecule is Cc1ccc(-c2cc(N(CCCN3C=CC=CC=C3)Cc3ccc4c(c3)OOC4)on2)c(S(=O)(=O)O)c1. The molecule has 192 valence electrons. The van der Waals surface area contributed by atoms with E-state index < -0.39 is 10.1 Å². The third kappa shape index (κ3) is 5.93. The number of anilines is 1. The molecule has 3 heterocycles. The molecule has 0 radical (unpaired) electrons. The highest BCUT2D eigenvalue weighted by Gasteiger charge is 2.22. The molecule has 1 N–H and O–H groups in total. The number of aryl methyl sites for hydroxylation is 1. The number of fused-ring (bicyclic) bond motifs is 1. The van der Waals surface area contributed by atoms with Crippen LogP contribution in [0.4, 0.5) is 5.88 Å². The third-order valence-corrected chi connectivity index (χ3v) is 6.99. The second kappa shape index (κ2) is 10.6. The zero-order valence-electron chi connectivity index (χ0n) is 20.3. The van der Waals surface area contributed by atoms with Crippen molar-refractivity contribution in [2.24, 2.45) is 0 Å². The van der Waals surface area contributed by atoms with Crippen LogP contribution in [-0.4, -0.2) is 36.1 Å². The Hall–Kier alpha value is -3.86. The number of rotatable bonds is 9. The molecule has 10 heteroatoms. The number of aromatic nitrogens is 1. The van der Waals surface area contributed by atoms with Gasteiger partial charge in [0.25, 0.3) is 10.1 Å². The van der Waals surface area contributed by atoms with E-state index in [0.717, 1.165) is 24.1 Å². The molecule has 3 aromatic rings. The Labute approximate surface area is 215 Å². The van der Waals surface area contributed by atoms with Crippen LogP contribution in [0.2, 0.25) is 0 Å². The Kier molecular flexibility index (Phi) is 7.13. The van der Waals surface area contributed by atoms with Crippen molar-refractivity contribution in [2.75, 3.05) is 18.0 Å². The van der Waals surface area contributed by atoms with Crippen LogP contribution < -0.4 is 9.79 Å². The zero-order valence-corrected chi connectivity index (χ0v) is 21.1. The van der Waals surface area contributed by atoms with Gasteiger partial charge in [-0.15, -0.1) is 0 Å². The van der Waals surface area contributed by atoms with Crippen molar-refractivity contribution in [1.82, 2.24) is 10.1 Å². The van der Waals surface area contributed by atoms with Gasteiger partial charge in [0.1, 0.15) is 17.2 Å². The van der Waals surface area contributed by atoms with Crippen LogP contribution in [0, 0.1) is 6.92 Å². The minimum Gasteiger partial charge on any atom is -0.354 e. The van der Waals surface area contributed by atoms with E-state index in [1.165, 1.54) is 6.07 Å². The summed E-state index contributed by atoms with van der Waals surface area (Å²) in [4.78, 5) is 14.3. The van der Waals surface area contributed by atoms with E-state index in [0.29, 0.717) is 42.6 Å². The number of nitrogens with zero attached hydrogens (tertiary/aromatic N) is 3. The summed E-state index contributed by atoms with van der Waals surface area (Å²) < 4.78 is 39.5. The molecule has 1 aromatic heterocycles. The molecule has 0 amide bonds. The molecule has 0 unspecified atom stereocenters. The van der Waals surface area contributed by atoms with E-state index in [2.05, 4.69) is 10.1 Å². The van der Waals surface area contributed by atoms with Gasteiger partial charge in [0.2, 0.25) is 5.88 Å². The molecule has 0 saturated carbocycles. The summed E-state index contributed by atoms with van der Waals surface area (Å²) in [6.07, 6.45) is 12.8. The maximum Gasteiger partial charge on any atom is 0.295 e. The summed E-state index contributed by atoms with van der Waals surface area (Å²) in [7, 11) is -4.44. The number of hydrogen-bond acceptors (Lipinski definition) is 8. The molecule has 37 heavy (non-hydrogen) atoms. The highest BCUT2D eigenvalue weighted by Crippen LogP contribution is 2.32. The lowest BCUT2D eigenvalue weighted by Gasteiger charge is -2.23. The first-order valence-electron chi connectivity index (χ1n) is 11.9. The average Bonchev–Trinajstić information content (AvgIpc) is 3.47.